The first-order valence-corrected chi connectivity index (χ1v) is 8.88. The topological polar surface area (TPSA) is 58.6 Å². The lowest BCUT2D eigenvalue weighted by Crippen LogP contribution is -2.24. The first kappa shape index (κ1) is 18.0. The van der Waals surface area contributed by atoms with Crippen molar-refractivity contribution in [2.75, 3.05) is 18.5 Å². The molecule has 0 bridgehead atoms. The summed E-state index contributed by atoms with van der Waals surface area (Å²) in [5.41, 5.74) is 3.81. The van der Waals surface area contributed by atoms with Gasteiger partial charge in [0.1, 0.15) is 5.75 Å². The van der Waals surface area contributed by atoms with Crippen LogP contribution >= 0.6 is 0 Å². The van der Waals surface area contributed by atoms with E-state index in [2.05, 4.69) is 5.32 Å². The normalized spacial score (nSPS) is 13.8. The molecule has 1 aliphatic heterocycles. The molecule has 0 aromatic heterocycles. The fourth-order valence-electron chi connectivity index (χ4n) is 3.04. The van der Waals surface area contributed by atoms with Crippen LogP contribution in [-0.4, -0.2) is 29.9 Å². The Morgan fingerprint density at radius 3 is 2.81 bits per heavy atom. The molecule has 0 spiro atoms. The average Bonchev–Trinajstić information content (AvgIpc) is 3.01. The number of nitrogens with one attached hydrogen (secondary N) is 1. The predicted molar refractivity (Wildman–Crippen MR) is 101 cm³/mol. The highest BCUT2D eigenvalue weighted by Crippen LogP contribution is 2.20. The molecule has 1 saturated heterocycles. The molecule has 0 unspecified atom stereocenters. The van der Waals surface area contributed by atoms with E-state index in [1.807, 2.05) is 61.2 Å². The van der Waals surface area contributed by atoms with E-state index in [0.29, 0.717) is 18.7 Å². The minimum Gasteiger partial charge on any atom is -0.483 e. The molecule has 136 valence electrons. The van der Waals surface area contributed by atoms with Crippen molar-refractivity contribution in [3.8, 4) is 5.75 Å². The van der Waals surface area contributed by atoms with E-state index in [-0.39, 0.29) is 18.4 Å². The summed E-state index contributed by atoms with van der Waals surface area (Å²) in [6.45, 7) is 5.29. The third-order valence-electron chi connectivity index (χ3n) is 4.46. The molecule has 0 saturated carbocycles. The van der Waals surface area contributed by atoms with Crippen LogP contribution in [0.1, 0.15) is 29.5 Å². The van der Waals surface area contributed by atoms with Crippen molar-refractivity contribution < 1.29 is 14.3 Å². The maximum absolute atomic E-state index is 12.2. The van der Waals surface area contributed by atoms with Crippen molar-refractivity contribution in [1.29, 1.82) is 0 Å². The van der Waals surface area contributed by atoms with Crippen LogP contribution in [0.5, 0.6) is 5.75 Å². The minimum atomic E-state index is -0.208. The van der Waals surface area contributed by atoms with Gasteiger partial charge in [0.25, 0.3) is 5.91 Å². The van der Waals surface area contributed by atoms with E-state index < -0.39 is 0 Å². The smallest absolute Gasteiger partial charge is 0.262 e. The summed E-state index contributed by atoms with van der Waals surface area (Å²) in [4.78, 5) is 25.8. The van der Waals surface area contributed by atoms with E-state index in [9.17, 15) is 9.59 Å². The van der Waals surface area contributed by atoms with Crippen molar-refractivity contribution in [1.82, 2.24) is 4.90 Å². The van der Waals surface area contributed by atoms with E-state index in [1.54, 1.807) is 0 Å². The number of carbonyl (C=O) groups excluding carboxylic acids is 2. The molecule has 26 heavy (non-hydrogen) atoms. The van der Waals surface area contributed by atoms with Gasteiger partial charge in [-0.15, -0.1) is 0 Å². The van der Waals surface area contributed by atoms with Gasteiger partial charge in [0.2, 0.25) is 5.91 Å². The van der Waals surface area contributed by atoms with Gasteiger partial charge in [-0.25, -0.2) is 0 Å². The summed E-state index contributed by atoms with van der Waals surface area (Å²) in [6.07, 6.45) is 1.55. The lowest BCUT2D eigenvalue weighted by molar-refractivity contribution is -0.128. The molecule has 2 aromatic rings. The highest BCUT2D eigenvalue weighted by Gasteiger charge is 2.20. The molecule has 1 aliphatic rings. The molecule has 5 heteroatoms. The van der Waals surface area contributed by atoms with Gasteiger partial charge in [0, 0.05) is 25.2 Å². The highest BCUT2D eigenvalue weighted by molar-refractivity contribution is 5.92. The zero-order chi connectivity index (χ0) is 18.5. The van der Waals surface area contributed by atoms with Crippen molar-refractivity contribution in [2.45, 2.75) is 33.2 Å². The molecule has 0 atom stereocenters. The number of benzene rings is 2. The van der Waals surface area contributed by atoms with Crippen molar-refractivity contribution in [2.24, 2.45) is 0 Å². The van der Waals surface area contributed by atoms with Gasteiger partial charge in [0.15, 0.2) is 6.61 Å². The van der Waals surface area contributed by atoms with Gasteiger partial charge in [0.05, 0.1) is 0 Å². The minimum absolute atomic E-state index is 0.0425. The molecular formula is C21H24N2O3. The Kier molecular flexibility index (Phi) is 5.56. The Morgan fingerprint density at radius 2 is 2.04 bits per heavy atom. The Morgan fingerprint density at radius 1 is 1.19 bits per heavy atom. The maximum Gasteiger partial charge on any atom is 0.262 e. The second kappa shape index (κ2) is 8.04. The van der Waals surface area contributed by atoms with Crippen LogP contribution < -0.4 is 10.1 Å². The summed E-state index contributed by atoms with van der Waals surface area (Å²) < 4.78 is 5.64. The van der Waals surface area contributed by atoms with Gasteiger partial charge in [-0.1, -0.05) is 24.3 Å². The number of nitrogens with zero attached hydrogens (tertiary/aromatic N) is 1. The summed E-state index contributed by atoms with van der Waals surface area (Å²) in [5, 5.41) is 2.86. The van der Waals surface area contributed by atoms with Crippen molar-refractivity contribution in [3.63, 3.8) is 0 Å². The number of aryl methyl sites for hydroxylation is 2. The molecular weight excluding hydrogens is 328 g/mol. The Balaban J connectivity index is 1.56. The van der Waals surface area contributed by atoms with Gasteiger partial charge >= 0.3 is 0 Å². The van der Waals surface area contributed by atoms with Crippen LogP contribution in [0.3, 0.4) is 0 Å². The lowest BCUT2D eigenvalue weighted by Gasteiger charge is -2.16. The van der Waals surface area contributed by atoms with Gasteiger partial charge in [-0.2, -0.15) is 0 Å². The quantitative estimate of drug-likeness (QED) is 0.866. The Bertz CT molecular complexity index is 817. The summed E-state index contributed by atoms with van der Waals surface area (Å²) >= 11 is 0. The van der Waals surface area contributed by atoms with Crippen molar-refractivity contribution >= 4 is 17.5 Å². The zero-order valence-electron chi connectivity index (χ0n) is 15.2. The van der Waals surface area contributed by atoms with Gasteiger partial charge in [-0.3, -0.25) is 9.59 Å². The summed E-state index contributed by atoms with van der Waals surface area (Å²) in [6, 6.07) is 13.5. The van der Waals surface area contributed by atoms with Crippen molar-refractivity contribution in [3.05, 3.63) is 59.2 Å². The fraction of sp³-hybridized carbons (Fsp3) is 0.333. The first-order chi connectivity index (χ1) is 12.5. The number of carbonyl (C=O) groups is 2. The standard InChI is InChI=1S/C21H24N2O3/c1-15-8-9-16(2)19(11-15)26-14-20(24)22-18-6-3-5-17(12-18)13-23-10-4-7-21(23)25/h3,5-6,8-9,11-12H,4,7,10,13-14H2,1-2H3,(H,22,24). The Labute approximate surface area is 154 Å². The van der Waals surface area contributed by atoms with Crippen LogP contribution in [0.2, 0.25) is 0 Å². The third-order valence-corrected chi connectivity index (χ3v) is 4.46. The Hall–Kier alpha value is -2.82. The van der Waals surface area contributed by atoms with Crippen LogP contribution in [0.4, 0.5) is 5.69 Å². The van der Waals surface area contributed by atoms with Gasteiger partial charge in [-0.05, 0) is 55.2 Å². The number of likely N-dealkylation sites (tertiary alicyclic amines) is 1. The summed E-state index contributed by atoms with van der Waals surface area (Å²) in [7, 11) is 0. The monoisotopic (exact) mass is 352 g/mol. The van der Waals surface area contributed by atoms with Gasteiger partial charge < -0.3 is 15.0 Å². The van der Waals surface area contributed by atoms with Crippen LogP contribution in [-0.2, 0) is 16.1 Å². The second-order valence-electron chi connectivity index (χ2n) is 6.73. The molecule has 3 rings (SSSR count). The van der Waals surface area contributed by atoms with E-state index in [4.69, 9.17) is 4.74 Å². The predicted octanol–water partition coefficient (Wildman–Crippen LogP) is 3.44. The van der Waals surface area contributed by atoms with Crippen LogP contribution in [0.25, 0.3) is 0 Å². The largest absolute Gasteiger partial charge is 0.483 e. The summed E-state index contributed by atoms with van der Waals surface area (Å²) in [5.74, 6) is 0.711. The molecule has 0 aliphatic carbocycles. The molecule has 5 nitrogen and oxygen atoms in total. The van der Waals surface area contributed by atoms with Crippen LogP contribution in [0, 0.1) is 13.8 Å². The molecule has 0 radical (unpaired) electrons. The number of rotatable bonds is 6. The number of anilines is 1. The second-order valence-corrected chi connectivity index (χ2v) is 6.73. The third kappa shape index (κ3) is 4.63. The SMILES string of the molecule is Cc1ccc(C)c(OCC(=O)Nc2cccc(CN3CCCC3=O)c2)c1. The molecule has 2 amide bonds. The van der Waals surface area contributed by atoms with Crippen LogP contribution in [0.15, 0.2) is 42.5 Å². The average molecular weight is 352 g/mol. The molecule has 2 aromatic carbocycles. The number of hydrogen-bond acceptors (Lipinski definition) is 3. The lowest BCUT2D eigenvalue weighted by atomic mass is 10.1. The highest BCUT2D eigenvalue weighted by atomic mass is 16.5. The zero-order valence-corrected chi connectivity index (χ0v) is 15.2. The molecule has 1 fully saturated rings. The van der Waals surface area contributed by atoms with E-state index in [0.717, 1.165) is 35.4 Å². The number of hydrogen-bond donors (Lipinski definition) is 1. The molecule has 1 heterocycles. The first-order valence-electron chi connectivity index (χ1n) is 8.88. The van der Waals surface area contributed by atoms with E-state index in [1.165, 1.54) is 0 Å². The maximum atomic E-state index is 12.2. The number of amides is 2. The van der Waals surface area contributed by atoms with E-state index >= 15 is 0 Å². The fourth-order valence-corrected chi connectivity index (χ4v) is 3.04. The molecule has 1 N–H and O–H groups in total. The number of ether oxygens (including phenoxy) is 1.